The molecule has 4 heteroatoms. The molecule has 1 unspecified atom stereocenters. The number of fused-ring (bicyclic) bond motifs is 9. The fourth-order valence-electron chi connectivity index (χ4n) is 10.4. The molecule has 1 atom stereocenters. The lowest BCUT2D eigenvalue weighted by Gasteiger charge is -2.28. The molecule has 9 aromatic carbocycles. The lowest BCUT2D eigenvalue weighted by atomic mass is 9.74. The summed E-state index contributed by atoms with van der Waals surface area (Å²) in [5, 5.41) is 4.30. The first kappa shape index (κ1) is 36.3. The van der Waals surface area contributed by atoms with Crippen molar-refractivity contribution in [3.05, 3.63) is 229 Å². The van der Waals surface area contributed by atoms with E-state index in [2.05, 4.69) is 177 Å². The van der Waals surface area contributed by atoms with Crippen molar-refractivity contribution in [1.29, 1.82) is 0 Å². The lowest BCUT2D eigenvalue weighted by Crippen LogP contribution is -2.22. The summed E-state index contributed by atoms with van der Waals surface area (Å²) in [6.45, 7) is 2.36. The number of rotatable bonds is 6. The summed E-state index contributed by atoms with van der Waals surface area (Å²) in [5.74, 6) is 0.646. The third-order valence-electron chi connectivity index (χ3n) is 13.4. The van der Waals surface area contributed by atoms with E-state index in [1.807, 2.05) is 42.5 Å². The van der Waals surface area contributed by atoms with Gasteiger partial charge < -0.3 is 8.83 Å². The summed E-state index contributed by atoms with van der Waals surface area (Å²) in [4.78, 5) is 10.9. The minimum atomic E-state index is -0.363. The lowest BCUT2D eigenvalue weighted by molar-refractivity contribution is 0.670. The van der Waals surface area contributed by atoms with Crippen LogP contribution in [0.3, 0.4) is 0 Å². The molecule has 13 rings (SSSR count). The van der Waals surface area contributed by atoms with Gasteiger partial charge in [-0.2, -0.15) is 0 Å². The Balaban J connectivity index is 1.10. The molecular formula is C60H38N2O2. The quantitative estimate of drug-likeness (QED) is 0.168. The number of nitrogens with zero attached hydrogens (tertiary/aromatic N) is 2. The molecule has 0 radical (unpaired) electrons. The molecule has 64 heavy (non-hydrogen) atoms. The highest BCUT2D eigenvalue weighted by Gasteiger charge is 2.41. The Hall–Kier alpha value is -8.34. The fraction of sp³-hybridized carbons (Fsp3) is 0.0333. The first-order chi connectivity index (χ1) is 31.6. The average molecular weight is 819 g/mol. The summed E-state index contributed by atoms with van der Waals surface area (Å²) in [6, 6.07) is 75.0. The van der Waals surface area contributed by atoms with Crippen LogP contribution in [-0.4, -0.2) is 9.97 Å². The van der Waals surface area contributed by atoms with Crippen LogP contribution in [0, 0.1) is 0 Å². The number of aromatic nitrogens is 2. The van der Waals surface area contributed by atoms with Crippen molar-refractivity contribution >= 4 is 43.9 Å². The van der Waals surface area contributed by atoms with Gasteiger partial charge in [-0.3, -0.25) is 0 Å². The normalized spacial score (nSPS) is 14.4. The smallest absolute Gasteiger partial charge is 0.160 e. The molecule has 1 aliphatic rings. The van der Waals surface area contributed by atoms with Crippen LogP contribution in [0.2, 0.25) is 0 Å². The molecule has 1 aliphatic carbocycles. The van der Waals surface area contributed by atoms with E-state index in [1.54, 1.807) is 0 Å². The number of hydrogen-bond donors (Lipinski definition) is 0. The minimum Gasteiger partial charge on any atom is -0.455 e. The minimum absolute atomic E-state index is 0.363. The van der Waals surface area contributed by atoms with Gasteiger partial charge in [0.25, 0.3) is 0 Å². The van der Waals surface area contributed by atoms with Gasteiger partial charge in [0.05, 0.1) is 11.4 Å². The van der Waals surface area contributed by atoms with Gasteiger partial charge in [0.15, 0.2) is 5.82 Å². The predicted octanol–water partition coefficient (Wildman–Crippen LogP) is 15.9. The maximum Gasteiger partial charge on any atom is 0.160 e. The molecule has 0 spiro atoms. The summed E-state index contributed by atoms with van der Waals surface area (Å²) in [7, 11) is 0. The summed E-state index contributed by atoms with van der Waals surface area (Å²) in [6.07, 6.45) is 0. The van der Waals surface area contributed by atoms with Crippen LogP contribution in [-0.2, 0) is 5.41 Å². The molecule has 0 aliphatic heterocycles. The predicted molar refractivity (Wildman–Crippen MR) is 261 cm³/mol. The zero-order valence-electron chi connectivity index (χ0n) is 34.9. The molecule has 0 saturated heterocycles. The van der Waals surface area contributed by atoms with Crippen molar-refractivity contribution in [1.82, 2.24) is 9.97 Å². The first-order valence-corrected chi connectivity index (χ1v) is 21.8. The third kappa shape index (κ3) is 5.42. The van der Waals surface area contributed by atoms with Gasteiger partial charge in [-0.15, -0.1) is 0 Å². The van der Waals surface area contributed by atoms with Crippen LogP contribution in [0.15, 0.2) is 221 Å². The number of furan rings is 2. The Morgan fingerprint density at radius 2 is 0.859 bits per heavy atom. The number of benzene rings is 9. The number of para-hydroxylation sites is 4. The molecule has 12 aromatic rings. The Labute approximate surface area is 369 Å². The topological polar surface area (TPSA) is 52.1 Å². The highest BCUT2D eigenvalue weighted by atomic mass is 16.3. The monoisotopic (exact) mass is 818 g/mol. The Bertz CT molecular complexity index is 3670. The molecule has 3 aromatic heterocycles. The van der Waals surface area contributed by atoms with Crippen LogP contribution in [0.25, 0.3) is 111 Å². The molecule has 0 fully saturated rings. The molecule has 0 saturated carbocycles. The van der Waals surface area contributed by atoms with Crippen molar-refractivity contribution in [3.63, 3.8) is 0 Å². The van der Waals surface area contributed by atoms with Crippen molar-refractivity contribution in [3.8, 4) is 67.3 Å². The van der Waals surface area contributed by atoms with Crippen molar-refractivity contribution in [2.75, 3.05) is 0 Å². The summed E-state index contributed by atoms with van der Waals surface area (Å²) in [5.41, 5.74) is 17.9. The fourth-order valence-corrected chi connectivity index (χ4v) is 10.4. The maximum absolute atomic E-state index is 6.74. The van der Waals surface area contributed by atoms with E-state index in [0.29, 0.717) is 5.82 Å². The Morgan fingerprint density at radius 3 is 1.53 bits per heavy atom. The van der Waals surface area contributed by atoms with E-state index in [0.717, 1.165) is 94.2 Å². The van der Waals surface area contributed by atoms with E-state index in [9.17, 15) is 0 Å². The molecule has 3 heterocycles. The second-order valence-corrected chi connectivity index (χ2v) is 16.9. The van der Waals surface area contributed by atoms with Gasteiger partial charge >= 0.3 is 0 Å². The van der Waals surface area contributed by atoms with Crippen LogP contribution in [0.4, 0.5) is 0 Å². The number of hydrogen-bond acceptors (Lipinski definition) is 4. The van der Waals surface area contributed by atoms with Crippen LogP contribution < -0.4 is 0 Å². The van der Waals surface area contributed by atoms with Gasteiger partial charge in [0, 0.05) is 54.8 Å². The average Bonchev–Trinajstić information content (AvgIpc) is 4.02. The first-order valence-electron chi connectivity index (χ1n) is 21.8. The Kier molecular flexibility index (Phi) is 8.00. The van der Waals surface area contributed by atoms with Gasteiger partial charge in [0.2, 0.25) is 0 Å². The molecule has 0 N–H and O–H groups in total. The molecular weight excluding hydrogens is 781 g/mol. The van der Waals surface area contributed by atoms with E-state index in [-0.39, 0.29) is 5.41 Å². The second-order valence-electron chi connectivity index (χ2n) is 16.9. The van der Waals surface area contributed by atoms with Gasteiger partial charge in [-0.05, 0) is 70.1 Å². The highest BCUT2D eigenvalue weighted by Crippen LogP contribution is 2.53. The largest absolute Gasteiger partial charge is 0.455 e. The van der Waals surface area contributed by atoms with E-state index in [4.69, 9.17) is 18.8 Å². The third-order valence-corrected chi connectivity index (χ3v) is 13.4. The van der Waals surface area contributed by atoms with Crippen molar-refractivity contribution < 1.29 is 8.83 Å². The van der Waals surface area contributed by atoms with Gasteiger partial charge in [0.1, 0.15) is 22.3 Å². The summed E-state index contributed by atoms with van der Waals surface area (Å²) < 4.78 is 13.5. The maximum atomic E-state index is 6.74. The highest BCUT2D eigenvalue weighted by molar-refractivity contribution is 6.14. The van der Waals surface area contributed by atoms with Gasteiger partial charge in [-0.25, -0.2) is 9.97 Å². The van der Waals surface area contributed by atoms with Crippen LogP contribution >= 0.6 is 0 Å². The van der Waals surface area contributed by atoms with Crippen LogP contribution in [0.5, 0.6) is 0 Å². The van der Waals surface area contributed by atoms with E-state index < -0.39 is 0 Å². The van der Waals surface area contributed by atoms with E-state index >= 15 is 0 Å². The molecule has 300 valence electrons. The SMILES string of the molecule is CC1(c2ccccc2)c2ccccc2-c2ccc(-c3cc(-c4c(-c5cccc6c5oc5ccccc56)cccc4-c4cccc5c4oc4ccccc45)nc(-c4ccccc4)n3)cc21. The molecule has 0 bridgehead atoms. The second kappa shape index (κ2) is 14.1. The summed E-state index contributed by atoms with van der Waals surface area (Å²) >= 11 is 0. The zero-order chi connectivity index (χ0) is 42.4. The van der Waals surface area contributed by atoms with Crippen molar-refractivity contribution in [2.45, 2.75) is 12.3 Å². The Morgan fingerprint density at radius 1 is 0.359 bits per heavy atom. The standard InChI is InChI=1S/C60H38N2O2/c1-60(39-19-6-3-7-20-39)50-30-11-8-21-40(50)41-34-33-38(35-51(41)60)52-36-53(62-59(61-52)37-17-4-2-5-18-37)56-44(48-28-15-26-46-42-22-9-12-31-54(42)63-57(46)48)24-14-25-45(56)49-29-16-27-47-43-23-10-13-32-55(43)64-58(47)49/h2-36H,1H3. The van der Waals surface area contributed by atoms with Crippen molar-refractivity contribution in [2.24, 2.45) is 0 Å². The van der Waals surface area contributed by atoms with E-state index in [1.165, 1.54) is 27.8 Å². The van der Waals surface area contributed by atoms with Crippen LogP contribution in [0.1, 0.15) is 23.6 Å². The zero-order valence-corrected chi connectivity index (χ0v) is 34.9. The molecule has 4 nitrogen and oxygen atoms in total. The van der Waals surface area contributed by atoms with Gasteiger partial charge in [-0.1, -0.05) is 188 Å². The molecule has 0 amide bonds.